The van der Waals surface area contributed by atoms with Crippen molar-refractivity contribution in [2.75, 3.05) is 12.4 Å². The van der Waals surface area contributed by atoms with Crippen molar-refractivity contribution < 1.29 is 4.74 Å². The van der Waals surface area contributed by atoms with Crippen molar-refractivity contribution >= 4 is 5.95 Å². The molecule has 20 heavy (non-hydrogen) atoms. The van der Waals surface area contributed by atoms with Crippen molar-refractivity contribution in [2.45, 2.75) is 32.7 Å². The van der Waals surface area contributed by atoms with Gasteiger partial charge >= 0.3 is 6.01 Å². The van der Waals surface area contributed by atoms with E-state index in [0.29, 0.717) is 23.8 Å². The molecule has 0 amide bonds. The third-order valence-electron chi connectivity index (χ3n) is 3.44. The number of rotatable bonds is 4. The lowest BCUT2D eigenvalue weighted by Crippen LogP contribution is -2.09. The normalized spacial score (nSPS) is 14.4. The molecule has 2 aromatic rings. The molecule has 1 fully saturated rings. The Kier molecular flexibility index (Phi) is 3.04. The molecule has 7 nitrogen and oxygen atoms in total. The molecule has 0 aliphatic heterocycles. The minimum absolute atomic E-state index is 0.320. The standard InChI is InChI=1S/C13H18N6O/c1-7-10(8(2)19(3)18-7)11-15-12(14-9-5-6-9)17-13(16-11)20-4/h9H,5-6H2,1-4H3,(H,14,15,16,17). The van der Waals surface area contributed by atoms with E-state index in [2.05, 4.69) is 25.4 Å². The zero-order chi connectivity index (χ0) is 14.3. The second kappa shape index (κ2) is 4.73. The van der Waals surface area contributed by atoms with Gasteiger partial charge in [0.05, 0.1) is 18.4 Å². The quantitative estimate of drug-likeness (QED) is 0.909. The van der Waals surface area contributed by atoms with Crippen LogP contribution in [0.1, 0.15) is 24.2 Å². The van der Waals surface area contributed by atoms with Crippen molar-refractivity contribution in [3.63, 3.8) is 0 Å². The van der Waals surface area contributed by atoms with Gasteiger partial charge in [0, 0.05) is 18.8 Å². The summed E-state index contributed by atoms with van der Waals surface area (Å²) in [6, 6.07) is 0.798. The minimum Gasteiger partial charge on any atom is -0.467 e. The van der Waals surface area contributed by atoms with Gasteiger partial charge in [-0.3, -0.25) is 4.68 Å². The van der Waals surface area contributed by atoms with Gasteiger partial charge in [-0.25, -0.2) is 0 Å². The molecular weight excluding hydrogens is 256 g/mol. The number of aromatic nitrogens is 5. The first-order valence-electron chi connectivity index (χ1n) is 6.65. The fourth-order valence-corrected chi connectivity index (χ4v) is 2.13. The van der Waals surface area contributed by atoms with Gasteiger partial charge in [-0.2, -0.15) is 20.1 Å². The predicted molar refractivity (Wildman–Crippen MR) is 74.7 cm³/mol. The van der Waals surface area contributed by atoms with Gasteiger partial charge in [-0.05, 0) is 26.7 Å². The Morgan fingerprint density at radius 2 is 1.95 bits per heavy atom. The second-order valence-corrected chi connectivity index (χ2v) is 5.06. The van der Waals surface area contributed by atoms with Crippen LogP contribution in [0.4, 0.5) is 5.95 Å². The molecule has 7 heteroatoms. The Balaban J connectivity index is 2.06. The molecule has 0 bridgehead atoms. The van der Waals surface area contributed by atoms with Crippen LogP contribution in [0.2, 0.25) is 0 Å². The minimum atomic E-state index is 0.320. The van der Waals surface area contributed by atoms with E-state index in [-0.39, 0.29) is 0 Å². The van der Waals surface area contributed by atoms with E-state index < -0.39 is 0 Å². The summed E-state index contributed by atoms with van der Waals surface area (Å²) >= 11 is 0. The first-order chi connectivity index (χ1) is 9.58. The highest BCUT2D eigenvalue weighted by atomic mass is 16.5. The molecule has 2 heterocycles. The molecule has 0 radical (unpaired) electrons. The number of anilines is 1. The average Bonchev–Trinajstić information content (AvgIpc) is 3.17. The first kappa shape index (κ1) is 12.8. The van der Waals surface area contributed by atoms with Crippen LogP contribution in [0.5, 0.6) is 6.01 Å². The summed E-state index contributed by atoms with van der Waals surface area (Å²) in [5, 5.41) is 7.68. The average molecular weight is 274 g/mol. The van der Waals surface area contributed by atoms with Crippen LogP contribution in [0.15, 0.2) is 0 Å². The Hall–Kier alpha value is -2.18. The lowest BCUT2D eigenvalue weighted by atomic mass is 10.2. The highest BCUT2D eigenvalue weighted by Crippen LogP contribution is 2.27. The Morgan fingerprint density at radius 3 is 2.50 bits per heavy atom. The van der Waals surface area contributed by atoms with Crippen molar-refractivity contribution in [3.05, 3.63) is 11.4 Å². The molecule has 0 aromatic carbocycles. The SMILES string of the molecule is COc1nc(NC2CC2)nc(-c2c(C)nn(C)c2C)n1. The number of hydrogen-bond acceptors (Lipinski definition) is 6. The molecule has 0 spiro atoms. The highest BCUT2D eigenvalue weighted by molar-refractivity contribution is 5.62. The van der Waals surface area contributed by atoms with E-state index in [1.165, 1.54) is 0 Å². The predicted octanol–water partition coefficient (Wildman–Crippen LogP) is 1.47. The number of hydrogen-bond donors (Lipinski definition) is 1. The van der Waals surface area contributed by atoms with Gasteiger partial charge in [0.25, 0.3) is 0 Å². The molecule has 3 rings (SSSR count). The van der Waals surface area contributed by atoms with E-state index >= 15 is 0 Å². The molecule has 0 atom stereocenters. The highest BCUT2D eigenvalue weighted by Gasteiger charge is 2.23. The van der Waals surface area contributed by atoms with Crippen molar-refractivity contribution in [1.82, 2.24) is 24.7 Å². The van der Waals surface area contributed by atoms with Gasteiger partial charge in [0.2, 0.25) is 5.95 Å². The smallest absolute Gasteiger partial charge is 0.321 e. The Labute approximate surface area is 117 Å². The number of ether oxygens (including phenoxy) is 1. The largest absolute Gasteiger partial charge is 0.467 e. The molecule has 2 aromatic heterocycles. The molecule has 0 unspecified atom stereocenters. The van der Waals surface area contributed by atoms with Crippen molar-refractivity contribution in [1.29, 1.82) is 0 Å². The second-order valence-electron chi connectivity index (χ2n) is 5.06. The Morgan fingerprint density at radius 1 is 1.20 bits per heavy atom. The summed E-state index contributed by atoms with van der Waals surface area (Å²) in [7, 11) is 3.47. The number of methoxy groups -OCH3 is 1. The third kappa shape index (κ3) is 2.31. The van der Waals surface area contributed by atoms with E-state index in [0.717, 1.165) is 29.8 Å². The van der Waals surface area contributed by atoms with E-state index in [1.54, 1.807) is 7.11 Å². The van der Waals surface area contributed by atoms with E-state index in [9.17, 15) is 0 Å². The number of aryl methyl sites for hydroxylation is 2. The summed E-state index contributed by atoms with van der Waals surface area (Å²) < 4.78 is 7.00. The van der Waals surface area contributed by atoms with Gasteiger partial charge in [0.15, 0.2) is 5.82 Å². The van der Waals surface area contributed by atoms with Gasteiger partial charge < -0.3 is 10.1 Å². The number of nitrogens with zero attached hydrogens (tertiary/aromatic N) is 5. The van der Waals surface area contributed by atoms with Crippen LogP contribution in [0.3, 0.4) is 0 Å². The van der Waals surface area contributed by atoms with Crippen LogP contribution in [0, 0.1) is 13.8 Å². The van der Waals surface area contributed by atoms with Crippen LogP contribution >= 0.6 is 0 Å². The topological polar surface area (TPSA) is 77.8 Å². The fourth-order valence-electron chi connectivity index (χ4n) is 2.13. The fraction of sp³-hybridized carbons (Fsp3) is 0.538. The summed E-state index contributed by atoms with van der Waals surface area (Å²) in [6.45, 7) is 3.95. The first-order valence-corrected chi connectivity index (χ1v) is 6.65. The van der Waals surface area contributed by atoms with Crippen molar-refractivity contribution in [2.24, 2.45) is 7.05 Å². The van der Waals surface area contributed by atoms with Gasteiger partial charge in [0.1, 0.15) is 0 Å². The molecule has 106 valence electrons. The molecule has 1 N–H and O–H groups in total. The monoisotopic (exact) mass is 274 g/mol. The third-order valence-corrected chi connectivity index (χ3v) is 3.44. The van der Waals surface area contributed by atoms with Gasteiger partial charge in [-0.15, -0.1) is 0 Å². The maximum atomic E-state index is 5.18. The van der Waals surface area contributed by atoms with Gasteiger partial charge in [-0.1, -0.05) is 0 Å². The zero-order valence-corrected chi connectivity index (χ0v) is 12.1. The Bertz CT molecular complexity index is 647. The lowest BCUT2D eigenvalue weighted by molar-refractivity contribution is 0.379. The van der Waals surface area contributed by atoms with E-state index in [1.807, 2.05) is 25.6 Å². The summed E-state index contributed by atoms with van der Waals surface area (Å²) in [6.07, 6.45) is 2.32. The lowest BCUT2D eigenvalue weighted by Gasteiger charge is -2.07. The van der Waals surface area contributed by atoms with E-state index in [4.69, 9.17) is 4.74 Å². The number of nitrogens with one attached hydrogen (secondary N) is 1. The van der Waals surface area contributed by atoms with Crippen LogP contribution in [0.25, 0.3) is 11.4 Å². The maximum absolute atomic E-state index is 5.18. The summed E-state index contributed by atoms with van der Waals surface area (Å²) in [5.74, 6) is 1.17. The molecular formula is C13H18N6O. The summed E-state index contributed by atoms with van der Waals surface area (Å²) in [5.41, 5.74) is 2.86. The molecule has 0 saturated heterocycles. The maximum Gasteiger partial charge on any atom is 0.321 e. The summed E-state index contributed by atoms with van der Waals surface area (Å²) in [4.78, 5) is 13.1. The van der Waals surface area contributed by atoms with Crippen LogP contribution < -0.4 is 10.1 Å². The zero-order valence-electron chi connectivity index (χ0n) is 12.1. The molecule has 1 saturated carbocycles. The molecule has 1 aliphatic rings. The molecule has 1 aliphatic carbocycles. The van der Waals surface area contributed by atoms with Crippen molar-refractivity contribution in [3.8, 4) is 17.4 Å². The van der Waals surface area contributed by atoms with Crippen LogP contribution in [-0.4, -0.2) is 37.9 Å². The van der Waals surface area contributed by atoms with Crippen LogP contribution in [-0.2, 0) is 7.05 Å².